The van der Waals surface area contributed by atoms with Gasteiger partial charge in [0.05, 0.1) is 19.9 Å². The van der Waals surface area contributed by atoms with E-state index in [2.05, 4.69) is 57.2 Å². The molecule has 0 fully saturated rings. The SMILES string of the molecule is CCOc1ccc(/C=N/n2c(SCc3ccc(Br)cc3)nnc2C(C)C)cc1OC. The number of thioether (sulfide) groups is 1. The first-order valence-corrected chi connectivity index (χ1v) is 11.5. The number of rotatable bonds is 9. The predicted molar refractivity (Wildman–Crippen MR) is 125 cm³/mol. The molecule has 0 aliphatic carbocycles. The highest BCUT2D eigenvalue weighted by Gasteiger charge is 2.15. The van der Waals surface area contributed by atoms with Crippen LogP contribution in [0.5, 0.6) is 11.5 Å². The second-order valence-electron chi connectivity index (χ2n) is 6.81. The Morgan fingerprint density at radius 2 is 1.90 bits per heavy atom. The number of ether oxygens (including phenoxy) is 2. The van der Waals surface area contributed by atoms with Crippen LogP contribution in [0.25, 0.3) is 0 Å². The van der Waals surface area contributed by atoms with Gasteiger partial charge in [-0.3, -0.25) is 0 Å². The van der Waals surface area contributed by atoms with Crippen molar-refractivity contribution < 1.29 is 9.47 Å². The van der Waals surface area contributed by atoms with Crippen LogP contribution in [0, 0.1) is 0 Å². The largest absolute Gasteiger partial charge is 0.493 e. The Labute approximate surface area is 189 Å². The van der Waals surface area contributed by atoms with Crippen LogP contribution in [0.15, 0.2) is 57.2 Å². The number of hydrogen-bond acceptors (Lipinski definition) is 6. The Morgan fingerprint density at radius 1 is 1.13 bits per heavy atom. The Hall–Kier alpha value is -2.32. The maximum absolute atomic E-state index is 5.58. The maximum Gasteiger partial charge on any atom is 0.212 e. The highest BCUT2D eigenvalue weighted by molar-refractivity contribution is 9.10. The van der Waals surface area contributed by atoms with E-state index in [0.29, 0.717) is 12.4 Å². The Kier molecular flexibility index (Phi) is 7.93. The van der Waals surface area contributed by atoms with Gasteiger partial charge in [-0.25, -0.2) is 0 Å². The van der Waals surface area contributed by atoms with Crippen LogP contribution in [-0.4, -0.2) is 34.8 Å². The molecule has 0 spiro atoms. The minimum Gasteiger partial charge on any atom is -0.493 e. The number of hydrogen-bond donors (Lipinski definition) is 0. The monoisotopic (exact) mass is 488 g/mol. The van der Waals surface area contributed by atoms with Crippen LogP contribution in [0.4, 0.5) is 0 Å². The molecule has 0 N–H and O–H groups in total. The Bertz CT molecular complexity index is 1000. The highest BCUT2D eigenvalue weighted by atomic mass is 79.9. The van der Waals surface area contributed by atoms with E-state index in [1.165, 1.54) is 5.56 Å². The minimum atomic E-state index is 0.201. The van der Waals surface area contributed by atoms with Crippen LogP contribution >= 0.6 is 27.7 Å². The first-order chi connectivity index (χ1) is 14.5. The van der Waals surface area contributed by atoms with Crippen molar-refractivity contribution in [3.05, 3.63) is 63.9 Å². The summed E-state index contributed by atoms with van der Waals surface area (Å²) in [5.74, 6) is 3.21. The summed E-state index contributed by atoms with van der Waals surface area (Å²) in [6.45, 7) is 6.70. The summed E-state index contributed by atoms with van der Waals surface area (Å²) < 4.78 is 13.9. The van der Waals surface area contributed by atoms with Crippen molar-refractivity contribution in [1.82, 2.24) is 14.9 Å². The molecule has 1 heterocycles. The van der Waals surface area contributed by atoms with Gasteiger partial charge in [0.1, 0.15) is 0 Å². The van der Waals surface area contributed by atoms with Crippen molar-refractivity contribution >= 4 is 33.9 Å². The average Bonchev–Trinajstić information content (AvgIpc) is 3.16. The molecule has 0 radical (unpaired) electrons. The molecule has 6 nitrogen and oxygen atoms in total. The fourth-order valence-electron chi connectivity index (χ4n) is 2.73. The predicted octanol–water partition coefficient (Wildman–Crippen LogP) is 5.75. The van der Waals surface area contributed by atoms with Crippen LogP contribution in [0.3, 0.4) is 0 Å². The van der Waals surface area contributed by atoms with Gasteiger partial charge in [0.2, 0.25) is 5.16 Å². The van der Waals surface area contributed by atoms with E-state index < -0.39 is 0 Å². The molecule has 0 unspecified atom stereocenters. The lowest BCUT2D eigenvalue weighted by atomic mass is 10.2. The standard InChI is InChI=1S/C22H25BrN4O2S/c1-5-29-19-11-8-17(12-20(19)28-4)13-24-27-21(15(2)3)25-26-22(27)30-14-16-6-9-18(23)10-7-16/h6-13,15H,5,14H2,1-4H3/b24-13+. The lowest BCUT2D eigenvalue weighted by Crippen LogP contribution is -2.02. The molecular formula is C22H25BrN4O2S. The number of methoxy groups -OCH3 is 1. The molecule has 2 aromatic carbocycles. The van der Waals surface area contributed by atoms with Crippen molar-refractivity contribution in [2.75, 3.05) is 13.7 Å². The molecular weight excluding hydrogens is 464 g/mol. The minimum absolute atomic E-state index is 0.201. The van der Waals surface area contributed by atoms with E-state index in [1.54, 1.807) is 25.1 Å². The van der Waals surface area contributed by atoms with Gasteiger partial charge in [0.25, 0.3) is 0 Å². The smallest absolute Gasteiger partial charge is 0.212 e. The number of benzene rings is 2. The van der Waals surface area contributed by atoms with Gasteiger partial charge in [-0.1, -0.05) is 53.7 Å². The number of halogens is 1. The molecule has 0 aliphatic heterocycles. The molecule has 0 saturated heterocycles. The molecule has 0 aliphatic rings. The van der Waals surface area contributed by atoms with Gasteiger partial charge < -0.3 is 9.47 Å². The lowest BCUT2D eigenvalue weighted by molar-refractivity contribution is 0.311. The summed E-state index contributed by atoms with van der Waals surface area (Å²) in [6.07, 6.45) is 1.79. The lowest BCUT2D eigenvalue weighted by Gasteiger charge is -2.10. The summed E-state index contributed by atoms with van der Waals surface area (Å²) in [5.41, 5.74) is 2.12. The quantitative estimate of drug-likeness (QED) is 0.283. The maximum atomic E-state index is 5.58. The molecule has 0 saturated carbocycles. The van der Waals surface area contributed by atoms with E-state index in [-0.39, 0.29) is 5.92 Å². The van der Waals surface area contributed by atoms with E-state index in [1.807, 2.05) is 41.9 Å². The molecule has 1 aromatic heterocycles. The molecule has 3 rings (SSSR count). The van der Waals surface area contributed by atoms with Crippen molar-refractivity contribution in [3.8, 4) is 11.5 Å². The van der Waals surface area contributed by atoms with Crippen LogP contribution < -0.4 is 9.47 Å². The van der Waals surface area contributed by atoms with Gasteiger partial charge >= 0.3 is 0 Å². The highest BCUT2D eigenvalue weighted by Crippen LogP contribution is 2.28. The summed E-state index contributed by atoms with van der Waals surface area (Å²) >= 11 is 5.08. The topological polar surface area (TPSA) is 61.5 Å². The third-order valence-electron chi connectivity index (χ3n) is 4.24. The van der Waals surface area contributed by atoms with Crippen LogP contribution in [-0.2, 0) is 5.75 Å². The first kappa shape index (κ1) is 22.4. The van der Waals surface area contributed by atoms with Crippen molar-refractivity contribution in [2.24, 2.45) is 5.10 Å². The molecule has 8 heteroatoms. The Balaban J connectivity index is 1.83. The summed E-state index contributed by atoms with van der Waals surface area (Å²) in [5, 5.41) is 14.2. The first-order valence-electron chi connectivity index (χ1n) is 9.69. The van der Waals surface area contributed by atoms with Crippen LogP contribution in [0.1, 0.15) is 43.6 Å². The van der Waals surface area contributed by atoms with Gasteiger partial charge in [-0.2, -0.15) is 9.78 Å². The van der Waals surface area contributed by atoms with Crippen molar-refractivity contribution in [1.29, 1.82) is 0 Å². The Morgan fingerprint density at radius 3 is 2.57 bits per heavy atom. The molecule has 158 valence electrons. The zero-order valence-corrected chi connectivity index (χ0v) is 19.9. The van der Waals surface area contributed by atoms with E-state index >= 15 is 0 Å². The number of aromatic nitrogens is 3. The van der Waals surface area contributed by atoms with E-state index in [9.17, 15) is 0 Å². The summed E-state index contributed by atoms with van der Waals surface area (Å²) in [7, 11) is 1.63. The molecule has 0 bridgehead atoms. The van der Waals surface area contributed by atoms with Gasteiger partial charge in [-0.05, 0) is 48.4 Å². The number of nitrogens with zero attached hydrogens (tertiary/aromatic N) is 4. The molecule has 30 heavy (non-hydrogen) atoms. The second-order valence-corrected chi connectivity index (χ2v) is 8.67. The molecule has 3 aromatic rings. The van der Waals surface area contributed by atoms with Crippen molar-refractivity contribution in [3.63, 3.8) is 0 Å². The molecule has 0 atom stereocenters. The van der Waals surface area contributed by atoms with E-state index in [4.69, 9.17) is 9.47 Å². The van der Waals surface area contributed by atoms with Crippen molar-refractivity contribution in [2.45, 2.75) is 37.6 Å². The van der Waals surface area contributed by atoms with Crippen LogP contribution in [0.2, 0.25) is 0 Å². The third kappa shape index (κ3) is 5.64. The summed E-state index contributed by atoms with van der Waals surface area (Å²) in [4.78, 5) is 0. The average molecular weight is 489 g/mol. The third-order valence-corrected chi connectivity index (χ3v) is 5.76. The molecule has 0 amide bonds. The van der Waals surface area contributed by atoms with Gasteiger partial charge in [0.15, 0.2) is 17.3 Å². The van der Waals surface area contributed by atoms with E-state index in [0.717, 1.165) is 32.5 Å². The zero-order chi connectivity index (χ0) is 21.5. The van der Waals surface area contributed by atoms with Gasteiger partial charge in [-0.15, -0.1) is 10.2 Å². The fraction of sp³-hybridized carbons (Fsp3) is 0.318. The van der Waals surface area contributed by atoms with Gasteiger partial charge in [0, 0.05) is 16.1 Å². The zero-order valence-electron chi connectivity index (χ0n) is 17.5. The normalized spacial score (nSPS) is 11.4. The summed E-state index contributed by atoms with van der Waals surface area (Å²) in [6, 6.07) is 14.0. The second kappa shape index (κ2) is 10.6. The fourth-order valence-corrected chi connectivity index (χ4v) is 3.84.